The van der Waals surface area contributed by atoms with Crippen LogP contribution < -0.4 is 0 Å². The summed E-state index contributed by atoms with van der Waals surface area (Å²) >= 11 is 0. The van der Waals surface area contributed by atoms with Crippen LogP contribution in [0, 0.1) is 11.6 Å². The summed E-state index contributed by atoms with van der Waals surface area (Å²) in [4.78, 5) is 2.26. The molecule has 0 saturated carbocycles. The molecule has 2 nitrogen and oxygen atoms in total. The summed E-state index contributed by atoms with van der Waals surface area (Å²) in [7, 11) is 2.09. The molecule has 2 aromatic carbocycles. The van der Waals surface area contributed by atoms with Gasteiger partial charge in [0, 0.05) is 37.1 Å². The first-order valence-electron chi connectivity index (χ1n) is 8.45. The zero-order valence-electron chi connectivity index (χ0n) is 14.2. The number of rotatable bonds is 3. The maximum atomic E-state index is 14.6. The predicted octanol–water partition coefficient (Wildman–Crippen LogP) is 4.62. The van der Waals surface area contributed by atoms with E-state index in [-0.39, 0.29) is 11.6 Å². The van der Waals surface area contributed by atoms with Crippen molar-refractivity contribution in [3.63, 3.8) is 0 Å². The molecule has 25 heavy (non-hydrogen) atoms. The quantitative estimate of drug-likeness (QED) is 0.676. The van der Waals surface area contributed by atoms with Gasteiger partial charge in [-0.25, -0.2) is 8.78 Å². The van der Waals surface area contributed by atoms with Gasteiger partial charge in [-0.15, -0.1) is 0 Å². The fourth-order valence-corrected chi connectivity index (χ4v) is 3.74. The standard InChI is InChI=1S/C21H20F2N2/c1-14(15-6-8-16(22)9-7-15)12-25-20-10-11-24(2)13-18(20)17-4-3-5-19(23)21(17)25/h3-9H,1,10-13H2,2H3. The zero-order valence-corrected chi connectivity index (χ0v) is 14.2. The zero-order chi connectivity index (χ0) is 17.6. The Kier molecular flexibility index (Phi) is 3.92. The van der Waals surface area contributed by atoms with Gasteiger partial charge in [0.15, 0.2) is 0 Å². The number of nitrogens with zero attached hydrogens (tertiary/aromatic N) is 2. The van der Waals surface area contributed by atoms with Crippen molar-refractivity contribution in [2.24, 2.45) is 0 Å². The maximum Gasteiger partial charge on any atom is 0.147 e. The summed E-state index contributed by atoms with van der Waals surface area (Å²) in [6.45, 7) is 6.43. The molecule has 0 N–H and O–H groups in total. The summed E-state index contributed by atoms with van der Waals surface area (Å²) in [6, 6.07) is 11.6. The van der Waals surface area contributed by atoms with Crippen molar-refractivity contribution < 1.29 is 8.78 Å². The molecule has 4 heteroatoms. The number of benzene rings is 2. The average Bonchev–Trinajstić information content (AvgIpc) is 2.90. The van der Waals surface area contributed by atoms with E-state index in [0.29, 0.717) is 12.1 Å². The van der Waals surface area contributed by atoms with Crippen LogP contribution in [0.3, 0.4) is 0 Å². The van der Waals surface area contributed by atoms with Crippen molar-refractivity contribution in [3.05, 3.63) is 77.5 Å². The minimum atomic E-state index is -0.269. The fourth-order valence-electron chi connectivity index (χ4n) is 3.74. The Hall–Kier alpha value is -2.46. The van der Waals surface area contributed by atoms with Gasteiger partial charge in [-0.05, 0) is 41.9 Å². The molecule has 0 amide bonds. The summed E-state index contributed by atoms with van der Waals surface area (Å²) in [5.41, 5.74) is 4.76. The lowest BCUT2D eigenvalue weighted by Crippen LogP contribution is -2.27. The van der Waals surface area contributed by atoms with Gasteiger partial charge in [0.25, 0.3) is 0 Å². The lowest BCUT2D eigenvalue weighted by Gasteiger charge is -2.24. The number of fused-ring (bicyclic) bond motifs is 3. The highest BCUT2D eigenvalue weighted by molar-refractivity contribution is 5.87. The van der Waals surface area contributed by atoms with E-state index in [9.17, 15) is 8.78 Å². The van der Waals surface area contributed by atoms with E-state index in [4.69, 9.17) is 0 Å². The molecule has 0 atom stereocenters. The van der Waals surface area contributed by atoms with E-state index < -0.39 is 0 Å². The van der Waals surface area contributed by atoms with Crippen LogP contribution in [0.5, 0.6) is 0 Å². The number of hydrogen-bond acceptors (Lipinski definition) is 1. The number of allylic oxidation sites excluding steroid dienone is 1. The molecule has 4 rings (SSSR count). The first kappa shape index (κ1) is 16.0. The summed E-state index contributed by atoms with van der Waals surface area (Å²) in [5, 5.41) is 0.980. The Morgan fingerprint density at radius 2 is 1.88 bits per heavy atom. The SMILES string of the molecule is C=C(Cn1c2c(c3cccc(F)c31)CN(C)CC2)c1ccc(F)cc1. The Labute approximate surface area is 146 Å². The third-order valence-corrected chi connectivity index (χ3v) is 5.02. The normalized spacial score (nSPS) is 14.7. The molecule has 1 aliphatic rings. The Morgan fingerprint density at radius 3 is 2.64 bits per heavy atom. The van der Waals surface area contributed by atoms with Crippen molar-refractivity contribution in [3.8, 4) is 0 Å². The van der Waals surface area contributed by atoms with Crippen molar-refractivity contribution in [1.29, 1.82) is 0 Å². The number of para-hydroxylation sites is 1. The number of likely N-dealkylation sites (N-methyl/N-ethyl adjacent to an activating group) is 1. The minimum absolute atomic E-state index is 0.207. The highest BCUT2D eigenvalue weighted by Gasteiger charge is 2.24. The first-order valence-corrected chi connectivity index (χ1v) is 8.45. The molecule has 0 bridgehead atoms. The smallest absolute Gasteiger partial charge is 0.147 e. The summed E-state index contributed by atoms with van der Waals surface area (Å²) < 4.78 is 29.8. The largest absolute Gasteiger partial charge is 0.337 e. The second-order valence-corrected chi connectivity index (χ2v) is 6.75. The van der Waals surface area contributed by atoms with Crippen molar-refractivity contribution >= 4 is 16.5 Å². The van der Waals surface area contributed by atoms with E-state index >= 15 is 0 Å². The van der Waals surface area contributed by atoms with Crippen molar-refractivity contribution in [2.75, 3.05) is 13.6 Å². The van der Waals surface area contributed by atoms with Gasteiger partial charge in [-0.2, -0.15) is 0 Å². The molecule has 0 spiro atoms. The Bertz CT molecular complexity index is 954. The van der Waals surface area contributed by atoms with Crippen LogP contribution in [0.1, 0.15) is 16.8 Å². The third-order valence-electron chi connectivity index (χ3n) is 5.02. The summed E-state index contributed by atoms with van der Waals surface area (Å²) in [6.07, 6.45) is 0.886. The Morgan fingerprint density at radius 1 is 1.12 bits per heavy atom. The molecule has 0 fully saturated rings. The maximum absolute atomic E-state index is 14.6. The van der Waals surface area contributed by atoms with Crippen LogP contribution in [-0.2, 0) is 19.5 Å². The van der Waals surface area contributed by atoms with Crippen LogP contribution in [0.25, 0.3) is 16.5 Å². The van der Waals surface area contributed by atoms with Gasteiger partial charge in [-0.3, -0.25) is 0 Å². The first-order chi connectivity index (χ1) is 12.0. The van der Waals surface area contributed by atoms with Crippen LogP contribution >= 0.6 is 0 Å². The van der Waals surface area contributed by atoms with Crippen molar-refractivity contribution in [1.82, 2.24) is 9.47 Å². The van der Waals surface area contributed by atoms with Gasteiger partial charge in [0.2, 0.25) is 0 Å². The molecule has 1 aromatic heterocycles. The van der Waals surface area contributed by atoms with Crippen LogP contribution in [0.2, 0.25) is 0 Å². The van der Waals surface area contributed by atoms with E-state index in [0.717, 1.165) is 36.0 Å². The van der Waals surface area contributed by atoms with E-state index in [1.165, 1.54) is 29.5 Å². The number of halogens is 2. The molecule has 0 radical (unpaired) electrons. The van der Waals surface area contributed by atoms with E-state index in [1.807, 2.05) is 6.07 Å². The van der Waals surface area contributed by atoms with Crippen molar-refractivity contribution in [2.45, 2.75) is 19.5 Å². The van der Waals surface area contributed by atoms with Gasteiger partial charge in [0.1, 0.15) is 11.6 Å². The molecule has 1 aliphatic heterocycles. The fraction of sp³-hybridized carbons (Fsp3) is 0.238. The van der Waals surface area contributed by atoms with Gasteiger partial charge in [0.05, 0.1) is 5.52 Å². The van der Waals surface area contributed by atoms with Gasteiger partial charge >= 0.3 is 0 Å². The van der Waals surface area contributed by atoms with E-state index in [1.54, 1.807) is 18.2 Å². The molecule has 128 valence electrons. The lowest BCUT2D eigenvalue weighted by molar-refractivity contribution is 0.310. The number of aromatic nitrogens is 1. The highest BCUT2D eigenvalue weighted by Crippen LogP contribution is 2.33. The second-order valence-electron chi connectivity index (χ2n) is 6.75. The minimum Gasteiger partial charge on any atom is -0.337 e. The average molecular weight is 338 g/mol. The van der Waals surface area contributed by atoms with Gasteiger partial charge < -0.3 is 9.47 Å². The number of hydrogen-bond donors (Lipinski definition) is 0. The predicted molar refractivity (Wildman–Crippen MR) is 97.4 cm³/mol. The van der Waals surface area contributed by atoms with Gasteiger partial charge in [-0.1, -0.05) is 30.8 Å². The second kappa shape index (κ2) is 6.12. The molecule has 2 heterocycles. The van der Waals surface area contributed by atoms with Crippen LogP contribution in [0.15, 0.2) is 49.0 Å². The molecule has 0 saturated heterocycles. The third kappa shape index (κ3) is 2.76. The monoisotopic (exact) mass is 338 g/mol. The molecule has 0 aliphatic carbocycles. The lowest BCUT2D eigenvalue weighted by atomic mass is 10.0. The summed E-state index contributed by atoms with van der Waals surface area (Å²) in [5.74, 6) is -0.476. The molecule has 0 unspecified atom stereocenters. The highest BCUT2D eigenvalue weighted by atomic mass is 19.1. The van der Waals surface area contributed by atoms with E-state index in [2.05, 4.69) is 23.1 Å². The van der Waals surface area contributed by atoms with Crippen LogP contribution in [-0.4, -0.2) is 23.1 Å². The topological polar surface area (TPSA) is 8.17 Å². The molecular weight excluding hydrogens is 318 g/mol. The molecular formula is C21H20F2N2. The van der Waals surface area contributed by atoms with Crippen LogP contribution in [0.4, 0.5) is 8.78 Å². The Balaban J connectivity index is 1.81. The molecule has 3 aromatic rings.